The molecule has 7 nitrogen and oxygen atoms in total. The molecule has 1 aliphatic heterocycles. The van der Waals surface area contributed by atoms with Crippen LogP contribution < -0.4 is 0 Å². The number of aromatic carboxylic acids is 1. The first-order valence-electron chi connectivity index (χ1n) is 8.36. The van der Waals surface area contributed by atoms with E-state index in [0.717, 1.165) is 18.2 Å². The van der Waals surface area contributed by atoms with E-state index in [1.807, 2.05) is 6.92 Å². The highest BCUT2D eigenvalue weighted by atomic mass is 19.1. The van der Waals surface area contributed by atoms with Crippen molar-refractivity contribution >= 4 is 17.6 Å². The van der Waals surface area contributed by atoms with Crippen molar-refractivity contribution in [3.05, 3.63) is 75.1 Å². The Morgan fingerprint density at radius 1 is 1.22 bits per heavy atom. The monoisotopic (exact) mass is 372 g/mol. The molecule has 1 amide bonds. The molecule has 140 valence electrons. The van der Waals surface area contributed by atoms with Crippen LogP contribution in [0.5, 0.6) is 0 Å². The maximum absolute atomic E-state index is 14.2. The number of carboxylic acids is 1. The minimum atomic E-state index is -1.37. The maximum atomic E-state index is 14.2. The SMILES string of the molecule is CC1CC(c2ccccc2F)N(C(=O)c2cc(C(=O)O)cc([N+](=O)[O-])c2)C1. The van der Waals surface area contributed by atoms with Crippen molar-refractivity contribution in [2.45, 2.75) is 19.4 Å². The van der Waals surface area contributed by atoms with E-state index in [9.17, 15) is 29.2 Å². The number of non-ortho nitro benzene ring substituents is 1. The molecule has 1 saturated heterocycles. The largest absolute Gasteiger partial charge is 0.478 e. The van der Waals surface area contributed by atoms with Crippen LogP contribution in [0, 0.1) is 21.8 Å². The van der Waals surface area contributed by atoms with Crippen LogP contribution in [0.1, 0.15) is 45.7 Å². The molecule has 2 atom stereocenters. The van der Waals surface area contributed by atoms with Crippen molar-refractivity contribution in [2.75, 3.05) is 6.54 Å². The Morgan fingerprint density at radius 3 is 2.52 bits per heavy atom. The van der Waals surface area contributed by atoms with Crippen LogP contribution in [0.25, 0.3) is 0 Å². The van der Waals surface area contributed by atoms with Gasteiger partial charge in [0, 0.05) is 29.8 Å². The van der Waals surface area contributed by atoms with Crippen molar-refractivity contribution in [3.63, 3.8) is 0 Å². The third kappa shape index (κ3) is 3.64. The third-order valence-corrected chi connectivity index (χ3v) is 4.66. The molecule has 1 fully saturated rings. The summed E-state index contributed by atoms with van der Waals surface area (Å²) in [6, 6.07) is 8.71. The second-order valence-corrected chi connectivity index (χ2v) is 6.67. The predicted molar refractivity (Wildman–Crippen MR) is 94.0 cm³/mol. The number of amides is 1. The van der Waals surface area contributed by atoms with Gasteiger partial charge in [-0.15, -0.1) is 0 Å². The van der Waals surface area contributed by atoms with Gasteiger partial charge in [-0.05, 0) is 24.5 Å². The number of carbonyl (C=O) groups is 2. The van der Waals surface area contributed by atoms with Crippen LogP contribution >= 0.6 is 0 Å². The summed E-state index contributed by atoms with van der Waals surface area (Å²) in [6.45, 7) is 2.28. The van der Waals surface area contributed by atoms with Crippen molar-refractivity contribution in [2.24, 2.45) is 5.92 Å². The van der Waals surface area contributed by atoms with E-state index in [1.54, 1.807) is 18.2 Å². The number of nitro groups is 1. The molecule has 0 bridgehead atoms. The highest BCUT2D eigenvalue weighted by Crippen LogP contribution is 2.37. The average molecular weight is 372 g/mol. The summed E-state index contributed by atoms with van der Waals surface area (Å²) in [6.07, 6.45) is 0.549. The highest BCUT2D eigenvalue weighted by Gasteiger charge is 2.36. The summed E-state index contributed by atoms with van der Waals surface area (Å²) in [5, 5.41) is 20.3. The lowest BCUT2D eigenvalue weighted by Gasteiger charge is -2.25. The number of hydrogen-bond donors (Lipinski definition) is 1. The molecule has 8 heteroatoms. The first-order valence-corrected chi connectivity index (χ1v) is 8.36. The molecule has 1 aliphatic rings. The average Bonchev–Trinajstić information content (AvgIpc) is 3.02. The topological polar surface area (TPSA) is 101 Å². The third-order valence-electron chi connectivity index (χ3n) is 4.66. The molecule has 27 heavy (non-hydrogen) atoms. The Morgan fingerprint density at radius 2 is 1.89 bits per heavy atom. The molecule has 2 aromatic rings. The van der Waals surface area contributed by atoms with Gasteiger partial charge in [0.2, 0.25) is 0 Å². The van der Waals surface area contributed by atoms with Crippen molar-refractivity contribution in [1.82, 2.24) is 4.90 Å². The van der Waals surface area contributed by atoms with E-state index in [0.29, 0.717) is 18.5 Å². The zero-order valence-electron chi connectivity index (χ0n) is 14.5. The van der Waals surface area contributed by atoms with Gasteiger partial charge in [0.25, 0.3) is 11.6 Å². The van der Waals surface area contributed by atoms with E-state index < -0.39 is 34.3 Å². The standard InChI is InChI=1S/C19H17FN2O5/c1-11-6-17(15-4-2-3-5-16(15)20)21(10-11)18(23)12-7-13(19(24)25)9-14(8-12)22(26)27/h2-5,7-9,11,17H,6,10H2,1H3,(H,24,25). The predicted octanol–water partition coefficient (Wildman–Crippen LogP) is 3.66. The van der Waals surface area contributed by atoms with Gasteiger partial charge in [0.1, 0.15) is 5.82 Å². The van der Waals surface area contributed by atoms with E-state index in [4.69, 9.17) is 0 Å². The molecule has 0 radical (unpaired) electrons. The summed E-state index contributed by atoms with van der Waals surface area (Å²) in [4.78, 5) is 36.1. The summed E-state index contributed by atoms with van der Waals surface area (Å²) in [7, 11) is 0. The lowest BCUT2D eigenvalue weighted by Crippen LogP contribution is -2.31. The second kappa shape index (κ2) is 7.14. The molecule has 2 unspecified atom stereocenters. The fraction of sp³-hybridized carbons (Fsp3) is 0.263. The normalized spacial score (nSPS) is 19.1. The Labute approximate surface area is 154 Å². The molecule has 0 saturated carbocycles. The van der Waals surface area contributed by atoms with Crippen LogP contribution in [-0.4, -0.2) is 33.4 Å². The Bertz CT molecular complexity index is 898. The molecule has 3 rings (SSSR count). The van der Waals surface area contributed by atoms with Gasteiger partial charge >= 0.3 is 5.97 Å². The van der Waals surface area contributed by atoms with Gasteiger partial charge in [-0.25, -0.2) is 9.18 Å². The number of hydrogen-bond acceptors (Lipinski definition) is 4. The quantitative estimate of drug-likeness (QED) is 0.652. The van der Waals surface area contributed by atoms with Gasteiger partial charge in [-0.2, -0.15) is 0 Å². The van der Waals surface area contributed by atoms with Crippen LogP contribution in [0.3, 0.4) is 0 Å². The maximum Gasteiger partial charge on any atom is 0.335 e. The second-order valence-electron chi connectivity index (χ2n) is 6.67. The molecule has 0 spiro atoms. The molecular weight excluding hydrogens is 355 g/mol. The van der Waals surface area contributed by atoms with Crippen molar-refractivity contribution in [1.29, 1.82) is 0 Å². The molecule has 2 aromatic carbocycles. The first-order chi connectivity index (χ1) is 12.8. The van der Waals surface area contributed by atoms with Crippen LogP contribution in [0.15, 0.2) is 42.5 Å². The fourth-order valence-corrected chi connectivity index (χ4v) is 3.44. The minimum Gasteiger partial charge on any atom is -0.478 e. The number of likely N-dealkylation sites (tertiary alicyclic amines) is 1. The summed E-state index contributed by atoms with van der Waals surface area (Å²) in [5.74, 6) is -2.25. The van der Waals surface area contributed by atoms with Crippen LogP contribution in [0.2, 0.25) is 0 Å². The Kier molecular flexibility index (Phi) is 4.89. The lowest BCUT2D eigenvalue weighted by molar-refractivity contribution is -0.384. The van der Waals surface area contributed by atoms with Crippen LogP contribution in [0.4, 0.5) is 10.1 Å². The molecule has 0 aliphatic carbocycles. The smallest absolute Gasteiger partial charge is 0.335 e. The summed E-state index contributed by atoms with van der Waals surface area (Å²) in [5.41, 5.74) is -0.550. The number of rotatable bonds is 4. The minimum absolute atomic E-state index is 0.1000. The van der Waals surface area contributed by atoms with E-state index in [1.165, 1.54) is 11.0 Å². The molecular formula is C19H17FN2O5. The van der Waals surface area contributed by atoms with E-state index in [2.05, 4.69) is 0 Å². The van der Waals surface area contributed by atoms with Crippen LogP contribution in [-0.2, 0) is 0 Å². The number of carboxylic acid groups (broad SMARTS) is 1. The molecule has 1 heterocycles. The van der Waals surface area contributed by atoms with Gasteiger partial charge in [-0.1, -0.05) is 25.1 Å². The summed E-state index contributed by atoms with van der Waals surface area (Å²) < 4.78 is 14.2. The zero-order valence-corrected chi connectivity index (χ0v) is 14.5. The highest BCUT2D eigenvalue weighted by molar-refractivity contribution is 5.98. The molecule has 0 aromatic heterocycles. The molecule has 1 N–H and O–H groups in total. The van der Waals surface area contributed by atoms with Crippen molar-refractivity contribution < 1.29 is 24.0 Å². The summed E-state index contributed by atoms with van der Waals surface area (Å²) >= 11 is 0. The van der Waals surface area contributed by atoms with E-state index in [-0.39, 0.29) is 17.0 Å². The Balaban J connectivity index is 2.02. The number of nitro benzene ring substituents is 1. The van der Waals surface area contributed by atoms with E-state index >= 15 is 0 Å². The van der Waals surface area contributed by atoms with Crippen molar-refractivity contribution in [3.8, 4) is 0 Å². The van der Waals surface area contributed by atoms with Gasteiger partial charge < -0.3 is 10.0 Å². The number of halogens is 1. The lowest BCUT2D eigenvalue weighted by atomic mass is 10.00. The first kappa shape index (κ1) is 18.5. The number of carbonyl (C=O) groups excluding carboxylic acids is 1. The Hall–Kier alpha value is -3.29. The van der Waals surface area contributed by atoms with Gasteiger partial charge in [0.15, 0.2) is 0 Å². The number of nitrogens with zero attached hydrogens (tertiary/aromatic N) is 2. The zero-order chi connectivity index (χ0) is 19.7. The number of benzene rings is 2. The van der Waals surface area contributed by atoms with Gasteiger partial charge in [0.05, 0.1) is 16.5 Å². The van der Waals surface area contributed by atoms with Gasteiger partial charge in [-0.3, -0.25) is 14.9 Å². The fourth-order valence-electron chi connectivity index (χ4n) is 3.44.